The van der Waals surface area contributed by atoms with Gasteiger partial charge in [-0.05, 0) is 18.6 Å². The molecule has 1 aromatic carbocycles. The molecule has 0 aliphatic rings. The lowest BCUT2D eigenvalue weighted by Crippen LogP contribution is -2.08. The van der Waals surface area contributed by atoms with Gasteiger partial charge in [-0.25, -0.2) is 4.79 Å². The van der Waals surface area contributed by atoms with Crippen LogP contribution in [0.2, 0.25) is 0 Å². The highest BCUT2D eigenvalue weighted by atomic mass is 17.2. The summed E-state index contributed by atoms with van der Waals surface area (Å²) in [6, 6.07) is 4.82. The van der Waals surface area contributed by atoms with Crippen molar-refractivity contribution in [2.75, 3.05) is 20.8 Å². The van der Waals surface area contributed by atoms with Gasteiger partial charge in [0, 0.05) is 6.07 Å². The van der Waals surface area contributed by atoms with Crippen molar-refractivity contribution in [3.8, 4) is 11.5 Å². The molecule has 5 heteroatoms. The Morgan fingerprint density at radius 2 is 2.00 bits per heavy atom. The van der Waals surface area contributed by atoms with Crippen LogP contribution in [-0.4, -0.2) is 26.8 Å². The first-order chi connectivity index (χ1) is 8.22. The van der Waals surface area contributed by atoms with E-state index in [4.69, 9.17) is 14.4 Å². The Labute approximate surface area is 100 Å². The van der Waals surface area contributed by atoms with Crippen molar-refractivity contribution in [1.29, 1.82) is 0 Å². The van der Waals surface area contributed by atoms with Crippen LogP contribution in [0.4, 0.5) is 0 Å². The van der Waals surface area contributed by atoms with Crippen molar-refractivity contribution in [3.05, 3.63) is 23.8 Å². The summed E-state index contributed by atoms with van der Waals surface area (Å²) in [5.74, 6) is 0.403. The largest absolute Gasteiger partial charge is 0.497 e. The van der Waals surface area contributed by atoms with E-state index >= 15 is 0 Å². The summed E-state index contributed by atoms with van der Waals surface area (Å²) in [4.78, 5) is 21.0. The second-order valence-corrected chi connectivity index (χ2v) is 3.26. The Bertz CT molecular complexity index is 375. The first-order valence-corrected chi connectivity index (χ1v) is 5.28. The fourth-order valence-electron chi connectivity index (χ4n) is 1.19. The predicted molar refractivity (Wildman–Crippen MR) is 61.2 cm³/mol. The topological polar surface area (TPSA) is 54.0 Å². The van der Waals surface area contributed by atoms with Gasteiger partial charge < -0.3 is 9.47 Å². The zero-order valence-electron chi connectivity index (χ0n) is 10.2. The smallest absolute Gasteiger partial charge is 0.376 e. The van der Waals surface area contributed by atoms with Crippen LogP contribution in [-0.2, 0) is 9.78 Å². The number of hydrogen-bond acceptors (Lipinski definition) is 5. The lowest BCUT2D eigenvalue weighted by atomic mass is 10.2. The van der Waals surface area contributed by atoms with E-state index in [1.165, 1.54) is 14.2 Å². The number of benzene rings is 1. The minimum absolute atomic E-state index is 0.296. The Hall–Kier alpha value is -1.75. The first kappa shape index (κ1) is 13.3. The molecule has 17 heavy (non-hydrogen) atoms. The van der Waals surface area contributed by atoms with Gasteiger partial charge in [0.1, 0.15) is 17.1 Å². The third kappa shape index (κ3) is 3.64. The van der Waals surface area contributed by atoms with Crippen molar-refractivity contribution in [1.82, 2.24) is 0 Å². The van der Waals surface area contributed by atoms with Gasteiger partial charge >= 0.3 is 5.97 Å². The van der Waals surface area contributed by atoms with Gasteiger partial charge in [-0.2, -0.15) is 4.89 Å². The maximum Gasteiger partial charge on any atom is 0.376 e. The molecule has 94 valence electrons. The van der Waals surface area contributed by atoms with E-state index in [1.807, 2.05) is 6.92 Å². The van der Waals surface area contributed by atoms with Crippen LogP contribution in [0, 0.1) is 0 Å². The lowest BCUT2D eigenvalue weighted by molar-refractivity contribution is -0.240. The zero-order valence-corrected chi connectivity index (χ0v) is 10.2. The normalized spacial score (nSPS) is 9.82. The van der Waals surface area contributed by atoms with Crippen LogP contribution in [0.5, 0.6) is 11.5 Å². The molecule has 0 bridgehead atoms. The van der Waals surface area contributed by atoms with Gasteiger partial charge in [0.15, 0.2) is 0 Å². The number of rotatable bonds is 6. The summed E-state index contributed by atoms with van der Waals surface area (Å²) < 4.78 is 10.1. The number of carbonyl (C=O) groups is 1. The van der Waals surface area contributed by atoms with E-state index < -0.39 is 5.97 Å². The maximum atomic E-state index is 11.6. The quantitative estimate of drug-likeness (QED) is 0.433. The van der Waals surface area contributed by atoms with Crippen LogP contribution in [0.3, 0.4) is 0 Å². The Morgan fingerprint density at radius 3 is 2.59 bits per heavy atom. The van der Waals surface area contributed by atoms with Gasteiger partial charge in [0.25, 0.3) is 0 Å². The minimum Gasteiger partial charge on any atom is -0.497 e. The predicted octanol–water partition coefficient (Wildman–Crippen LogP) is 2.20. The lowest BCUT2D eigenvalue weighted by Gasteiger charge is -2.09. The van der Waals surface area contributed by atoms with Gasteiger partial charge in [0.05, 0.1) is 20.8 Å². The molecule has 0 atom stereocenters. The van der Waals surface area contributed by atoms with E-state index in [1.54, 1.807) is 18.2 Å². The molecule has 1 rings (SSSR count). The maximum absolute atomic E-state index is 11.6. The molecule has 0 N–H and O–H groups in total. The molecule has 0 unspecified atom stereocenters. The zero-order chi connectivity index (χ0) is 12.7. The van der Waals surface area contributed by atoms with Crippen LogP contribution in [0.15, 0.2) is 18.2 Å². The molecule has 0 aromatic heterocycles. The van der Waals surface area contributed by atoms with Crippen molar-refractivity contribution in [2.45, 2.75) is 13.3 Å². The molecular formula is C12H16O5. The molecule has 0 aliphatic heterocycles. The SMILES string of the molecule is CCCOOC(=O)c1ccc(OC)cc1OC. The second kappa shape index (κ2) is 6.75. The van der Waals surface area contributed by atoms with E-state index in [9.17, 15) is 4.79 Å². The first-order valence-electron chi connectivity index (χ1n) is 5.28. The van der Waals surface area contributed by atoms with E-state index in [2.05, 4.69) is 4.89 Å². The molecule has 0 amide bonds. The molecule has 0 saturated carbocycles. The van der Waals surface area contributed by atoms with Crippen LogP contribution < -0.4 is 9.47 Å². The molecule has 0 spiro atoms. The molecule has 1 aromatic rings. The van der Waals surface area contributed by atoms with Crippen LogP contribution in [0.25, 0.3) is 0 Å². The molecular weight excluding hydrogens is 224 g/mol. The molecule has 5 nitrogen and oxygen atoms in total. The Kier molecular flexibility index (Phi) is 5.29. The average molecular weight is 240 g/mol. The van der Waals surface area contributed by atoms with Gasteiger partial charge in [0.2, 0.25) is 0 Å². The van der Waals surface area contributed by atoms with Crippen LogP contribution >= 0.6 is 0 Å². The summed E-state index contributed by atoms with van der Waals surface area (Å²) in [6.07, 6.45) is 0.771. The average Bonchev–Trinajstić information content (AvgIpc) is 2.38. The molecule has 0 heterocycles. The van der Waals surface area contributed by atoms with E-state index in [-0.39, 0.29) is 0 Å². The second-order valence-electron chi connectivity index (χ2n) is 3.26. The fourth-order valence-corrected chi connectivity index (χ4v) is 1.19. The number of hydrogen-bond donors (Lipinski definition) is 0. The molecule has 0 aliphatic carbocycles. The van der Waals surface area contributed by atoms with Gasteiger partial charge in [-0.15, -0.1) is 0 Å². The summed E-state index contributed by atoms with van der Waals surface area (Å²) in [5, 5.41) is 0. The Morgan fingerprint density at radius 1 is 1.24 bits per heavy atom. The number of carbonyl (C=O) groups excluding carboxylic acids is 1. The summed E-state index contributed by atoms with van der Waals surface area (Å²) >= 11 is 0. The Balaban J connectivity index is 2.78. The van der Waals surface area contributed by atoms with Gasteiger partial charge in [-0.1, -0.05) is 6.92 Å². The summed E-state index contributed by atoms with van der Waals surface area (Å²) in [5.41, 5.74) is 0.296. The van der Waals surface area contributed by atoms with Gasteiger partial charge in [-0.3, -0.25) is 4.89 Å². The highest BCUT2D eigenvalue weighted by molar-refractivity contribution is 5.92. The van der Waals surface area contributed by atoms with Crippen molar-refractivity contribution >= 4 is 5.97 Å². The standard InChI is InChI=1S/C12H16O5/c1-4-7-16-17-12(13)10-6-5-9(14-2)8-11(10)15-3/h5-6,8H,4,7H2,1-3H3. The molecule has 0 fully saturated rings. The molecule has 0 radical (unpaired) electrons. The summed E-state index contributed by atoms with van der Waals surface area (Å²) in [6.45, 7) is 2.28. The van der Waals surface area contributed by atoms with Crippen molar-refractivity contribution < 1.29 is 24.0 Å². The minimum atomic E-state index is -0.585. The van der Waals surface area contributed by atoms with Crippen molar-refractivity contribution in [3.63, 3.8) is 0 Å². The van der Waals surface area contributed by atoms with Crippen LogP contribution in [0.1, 0.15) is 23.7 Å². The van der Waals surface area contributed by atoms with E-state index in [0.29, 0.717) is 23.7 Å². The number of methoxy groups -OCH3 is 2. The van der Waals surface area contributed by atoms with Crippen molar-refractivity contribution in [2.24, 2.45) is 0 Å². The third-order valence-electron chi connectivity index (χ3n) is 2.05. The highest BCUT2D eigenvalue weighted by Crippen LogP contribution is 2.25. The monoisotopic (exact) mass is 240 g/mol. The summed E-state index contributed by atoms with van der Waals surface area (Å²) in [7, 11) is 3.01. The molecule has 0 saturated heterocycles. The fraction of sp³-hybridized carbons (Fsp3) is 0.417. The van der Waals surface area contributed by atoms with E-state index in [0.717, 1.165) is 6.42 Å². The highest BCUT2D eigenvalue weighted by Gasteiger charge is 2.15. The third-order valence-corrected chi connectivity index (χ3v) is 2.05. The number of ether oxygens (including phenoxy) is 2.